The summed E-state index contributed by atoms with van der Waals surface area (Å²) in [7, 11) is 0. The average Bonchev–Trinajstić information content (AvgIpc) is 2.67. The van der Waals surface area contributed by atoms with Crippen LogP contribution < -0.4 is 5.32 Å². The van der Waals surface area contributed by atoms with E-state index in [1.165, 1.54) is 5.56 Å². The Bertz CT molecular complexity index is 486. The standard InChI is InChI=1S/C14H19NO2/c1-3-11(9-16)15-8-13-10(2)17-14-7-5-4-6-12(13)14/h4-7,11,15-16H,3,8-9H2,1-2H3. The third kappa shape index (κ3) is 2.51. The smallest absolute Gasteiger partial charge is 0.134 e. The van der Waals surface area contributed by atoms with Gasteiger partial charge in [-0.15, -0.1) is 0 Å². The number of aryl methyl sites for hydroxylation is 1. The number of furan rings is 1. The van der Waals surface area contributed by atoms with Gasteiger partial charge in [0, 0.05) is 23.5 Å². The number of rotatable bonds is 5. The first-order valence-electron chi connectivity index (χ1n) is 6.07. The Kier molecular flexibility index (Phi) is 3.82. The van der Waals surface area contributed by atoms with Crippen LogP contribution in [0.4, 0.5) is 0 Å². The Morgan fingerprint density at radius 2 is 2.12 bits per heavy atom. The molecule has 92 valence electrons. The largest absolute Gasteiger partial charge is 0.461 e. The highest BCUT2D eigenvalue weighted by Crippen LogP contribution is 2.25. The second-order valence-electron chi connectivity index (χ2n) is 4.30. The number of para-hydroxylation sites is 1. The summed E-state index contributed by atoms with van der Waals surface area (Å²) in [4.78, 5) is 0. The Morgan fingerprint density at radius 1 is 1.35 bits per heavy atom. The normalized spacial score (nSPS) is 13.1. The number of nitrogens with one attached hydrogen (secondary N) is 1. The highest BCUT2D eigenvalue weighted by Gasteiger charge is 2.11. The van der Waals surface area contributed by atoms with Gasteiger partial charge < -0.3 is 14.8 Å². The molecule has 1 aromatic heterocycles. The van der Waals surface area contributed by atoms with E-state index in [0.29, 0.717) is 0 Å². The van der Waals surface area contributed by atoms with Gasteiger partial charge in [0.15, 0.2) is 0 Å². The van der Waals surface area contributed by atoms with Crippen LogP contribution in [0.1, 0.15) is 24.7 Å². The van der Waals surface area contributed by atoms with E-state index < -0.39 is 0 Å². The van der Waals surface area contributed by atoms with E-state index in [1.54, 1.807) is 0 Å². The topological polar surface area (TPSA) is 45.4 Å². The van der Waals surface area contributed by atoms with Crippen LogP contribution in [0.5, 0.6) is 0 Å². The number of aliphatic hydroxyl groups is 1. The van der Waals surface area contributed by atoms with Gasteiger partial charge in [0.1, 0.15) is 11.3 Å². The molecule has 0 fully saturated rings. The van der Waals surface area contributed by atoms with Crippen molar-refractivity contribution >= 4 is 11.0 Å². The van der Waals surface area contributed by atoms with Gasteiger partial charge in [-0.05, 0) is 19.4 Å². The second kappa shape index (κ2) is 5.34. The molecule has 3 heteroatoms. The minimum Gasteiger partial charge on any atom is -0.461 e. The van der Waals surface area contributed by atoms with Crippen molar-refractivity contribution in [1.29, 1.82) is 0 Å². The third-order valence-corrected chi connectivity index (χ3v) is 3.18. The highest BCUT2D eigenvalue weighted by atomic mass is 16.3. The van der Waals surface area contributed by atoms with Gasteiger partial charge in [-0.25, -0.2) is 0 Å². The van der Waals surface area contributed by atoms with Crippen molar-refractivity contribution in [3.8, 4) is 0 Å². The van der Waals surface area contributed by atoms with Crippen molar-refractivity contribution in [3.63, 3.8) is 0 Å². The molecule has 1 aromatic carbocycles. The highest BCUT2D eigenvalue weighted by molar-refractivity contribution is 5.82. The fourth-order valence-corrected chi connectivity index (χ4v) is 2.03. The van der Waals surface area contributed by atoms with Gasteiger partial charge in [0.25, 0.3) is 0 Å². The van der Waals surface area contributed by atoms with Crippen molar-refractivity contribution in [2.45, 2.75) is 32.9 Å². The Hall–Kier alpha value is -1.32. The molecule has 3 nitrogen and oxygen atoms in total. The van der Waals surface area contributed by atoms with Gasteiger partial charge in [-0.3, -0.25) is 0 Å². The third-order valence-electron chi connectivity index (χ3n) is 3.18. The molecule has 1 heterocycles. The minimum atomic E-state index is 0.156. The van der Waals surface area contributed by atoms with E-state index in [-0.39, 0.29) is 12.6 Å². The molecule has 2 N–H and O–H groups in total. The lowest BCUT2D eigenvalue weighted by Gasteiger charge is -2.13. The van der Waals surface area contributed by atoms with Gasteiger partial charge in [0.05, 0.1) is 6.61 Å². The van der Waals surface area contributed by atoms with E-state index in [9.17, 15) is 0 Å². The van der Waals surface area contributed by atoms with Crippen molar-refractivity contribution in [2.24, 2.45) is 0 Å². The van der Waals surface area contributed by atoms with Crippen LogP contribution in [0.3, 0.4) is 0 Å². The fourth-order valence-electron chi connectivity index (χ4n) is 2.03. The van der Waals surface area contributed by atoms with Crippen molar-refractivity contribution < 1.29 is 9.52 Å². The molecule has 2 rings (SSSR count). The summed E-state index contributed by atoms with van der Waals surface area (Å²) in [6, 6.07) is 8.20. The van der Waals surface area contributed by atoms with E-state index in [0.717, 1.165) is 29.7 Å². The van der Waals surface area contributed by atoms with Gasteiger partial charge in [-0.2, -0.15) is 0 Å². The zero-order chi connectivity index (χ0) is 12.3. The molecule has 0 radical (unpaired) electrons. The Balaban J connectivity index is 2.20. The number of hydrogen-bond acceptors (Lipinski definition) is 3. The van der Waals surface area contributed by atoms with E-state index in [2.05, 4.69) is 18.3 Å². The zero-order valence-corrected chi connectivity index (χ0v) is 10.4. The number of aliphatic hydroxyl groups excluding tert-OH is 1. The molecular weight excluding hydrogens is 214 g/mol. The number of benzene rings is 1. The lowest BCUT2D eigenvalue weighted by Crippen LogP contribution is -2.31. The summed E-state index contributed by atoms with van der Waals surface area (Å²) in [6.07, 6.45) is 0.922. The average molecular weight is 233 g/mol. The SMILES string of the molecule is CCC(CO)NCc1c(C)oc2ccccc12. The van der Waals surface area contributed by atoms with Crippen molar-refractivity contribution in [1.82, 2.24) is 5.32 Å². The Morgan fingerprint density at radius 3 is 2.82 bits per heavy atom. The Labute approximate surface area is 101 Å². The maximum absolute atomic E-state index is 9.15. The van der Waals surface area contributed by atoms with Gasteiger partial charge in [0.2, 0.25) is 0 Å². The number of fused-ring (bicyclic) bond motifs is 1. The molecule has 1 atom stereocenters. The van der Waals surface area contributed by atoms with Crippen LogP contribution in [0.2, 0.25) is 0 Å². The number of hydrogen-bond donors (Lipinski definition) is 2. The van der Waals surface area contributed by atoms with Crippen LogP contribution in [-0.2, 0) is 6.54 Å². The maximum Gasteiger partial charge on any atom is 0.134 e. The van der Waals surface area contributed by atoms with E-state index >= 15 is 0 Å². The van der Waals surface area contributed by atoms with Gasteiger partial charge in [-0.1, -0.05) is 25.1 Å². The van der Waals surface area contributed by atoms with Crippen LogP contribution in [-0.4, -0.2) is 17.8 Å². The molecule has 0 saturated heterocycles. The predicted octanol–water partition coefficient (Wildman–Crippen LogP) is 2.60. The molecule has 17 heavy (non-hydrogen) atoms. The molecule has 0 amide bonds. The molecule has 0 aliphatic heterocycles. The van der Waals surface area contributed by atoms with E-state index in [1.807, 2.05) is 25.1 Å². The lowest BCUT2D eigenvalue weighted by atomic mass is 10.1. The quantitative estimate of drug-likeness (QED) is 0.834. The minimum absolute atomic E-state index is 0.156. The van der Waals surface area contributed by atoms with Crippen LogP contribution in [0, 0.1) is 6.92 Å². The van der Waals surface area contributed by atoms with Crippen LogP contribution in [0.25, 0.3) is 11.0 Å². The van der Waals surface area contributed by atoms with Crippen LogP contribution in [0.15, 0.2) is 28.7 Å². The van der Waals surface area contributed by atoms with E-state index in [4.69, 9.17) is 9.52 Å². The first-order chi connectivity index (χ1) is 8.26. The summed E-state index contributed by atoms with van der Waals surface area (Å²) in [5.74, 6) is 0.950. The molecule has 0 spiro atoms. The van der Waals surface area contributed by atoms with Crippen molar-refractivity contribution in [2.75, 3.05) is 6.61 Å². The summed E-state index contributed by atoms with van der Waals surface area (Å²) in [5.41, 5.74) is 2.12. The predicted molar refractivity (Wildman–Crippen MR) is 69.0 cm³/mol. The first kappa shape index (κ1) is 12.1. The maximum atomic E-state index is 9.15. The van der Waals surface area contributed by atoms with Crippen LogP contribution >= 0.6 is 0 Å². The molecule has 0 aliphatic carbocycles. The second-order valence-corrected chi connectivity index (χ2v) is 4.30. The molecule has 0 bridgehead atoms. The summed E-state index contributed by atoms with van der Waals surface area (Å²) < 4.78 is 5.70. The summed E-state index contributed by atoms with van der Waals surface area (Å²) in [6.45, 7) is 4.96. The summed E-state index contributed by atoms with van der Waals surface area (Å²) >= 11 is 0. The summed E-state index contributed by atoms with van der Waals surface area (Å²) in [5, 5.41) is 13.7. The molecule has 2 aromatic rings. The molecule has 0 aliphatic rings. The fraction of sp³-hybridized carbons (Fsp3) is 0.429. The van der Waals surface area contributed by atoms with Crippen molar-refractivity contribution in [3.05, 3.63) is 35.6 Å². The zero-order valence-electron chi connectivity index (χ0n) is 10.4. The lowest BCUT2D eigenvalue weighted by molar-refractivity contribution is 0.238. The first-order valence-corrected chi connectivity index (χ1v) is 6.07. The molecule has 0 saturated carbocycles. The molecular formula is C14H19NO2. The van der Waals surface area contributed by atoms with Gasteiger partial charge >= 0.3 is 0 Å². The monoisotopic (exact) mass is 233 g/mol. The molecule has 1 unspecified atom stereocenters.